The normalized spacial score (nSPS) is 14.7. The monoisotopic (exact) mass is 384 g/mol. The van der Waals surface area contributed by atoms with Crippen molar-refractivity contribution in [1.82, 2.24) is 19.9 Å². The van der Waals surface area contributed by atoms with Gasteiger partial charge in [0.25, 0.3) is 5.91 Å². The number of piperazine rings is 1. The first-order chi connectivity index (χ1) is 13.2. The zero-order chi connectivity index (χ0) is 20.3. The average molecular weight is 384 g/mol. The first kappa shape index (κ1) is 19.5. The molecule has 3 heterocycles. The molecule has 148 valence electrons. The lowest BCUT2D eigenvalue weighted by molar-refractivity contribution is 0.0240. The van der Waals surface area contributed by atoms with Gasteiger partial charge >= 0.3 is 6.09 Å². The number of primary amides is 1. The summed E-state index contributed by atoms with van der Waals surface area (Å²) in [7, 11) is 0. The Morgan fingerprint density at radius 1 is 1.07 bits per heavy atom. The van der Waals surface area contributed by atoms with Gasteiger partial charge in [-0.15, -0.1) is 0 Å². The van der Waals surface area contributed by atoms with Crippen LogP contribution in [0, 0.1) is 0 Å². The standard InChI is InChI=1S/C19H24N6O3/c1-19(2,3)28-18(27)25-9-7-24(8-10-25)17-21-11-13(12-22-17)14-5-4-6-15(23-14)16(20)26/h4-6,11-12H,7-10H2,1-3H3,(H2,20,26). The maximum atomic E-state index is 12.1. The van der Waals surface area contributed by atoms with Crippen LogP contribution in [-0.4, -0.2) is 63.6 Å². The van der Waals surface area contributed by atoms with Gasteiger partial charge in [-0.25, -0.2) is 19.7 Å². The summed E-state index contributed by atoms with van der Waals surface area (Å²) in [5.74, 6) is 0.000825. The molecule has 1 aliphatic rings. The molecule has 0 unspecified atom stereocenters. The van der Waals surface area contributed by atoms with E-state index >= 15 is 0 Å². The zero-order valence-electron chi connectivity index (χ0n) is 16.3. The Morgan fingerprint density at radius 3 is 2.29 bits per heavy atom. The highest BCUT2D eigenvalue weighted by Crippen LogP contribution is 2.19. The number of anilines is 1. The molecule has 1 fully saturated rings. The van der Waals surface area contributed by atoms with E-state index in [9.17, 15) is 9.59 Å². The summed E-state index contributed by atoms with van der Waals surface area (Å²) in [5.41, 5.74) is 6.23. The molecule has 0 spiro atoms. The van der Waals surface area contributed by atoms with E-state index in [0.717, 1.165) is 0 Å². The molecule has 2 aromatic rings. The molecule has 3 rings (SSSR count). The van der Waals surface area contributed by atoms with Crippen LogP contribution in [0.4, 0.5) is 10.7 Å². The van der Waals surface area contributed by atoms with E-state index in [0.29, 0.717) is 43.4 Å². The Morgan fingerprint density at radius 2 is 1.71 bits per heavy atom. The summed E-state index contributed by atoms with van der Waals surface area (Å²) in [4.78, 5) is 40.2. The number of rotatable bonds is 3. The number of nitrogens with zero attached hydrogens (tertiary/aromatic N) is 5. The third kappa shape index (κ3) is 4.73. The van der Waals surface area contributed by atoms with Crippen LogP contribution in [0.2, 0.25) is 0 Å². The largest absolute Gasteiger partial charge is 0.444 e. The number of hydrogen-bond acceptors (Lipinski definition) is 7. The number of hydrogen-bond donors (Lipinski definition) is 1. The molecule has 1 aliphatic heterocycles. The molecule has 2 aromatic heterocycles. The molecule has 0 aliphatic carbocycles. The fourth-order valence-electron chi connectivity index (χ4n) is 2.77. The fraction of sp³-hybridized carbons (Fsp3) is 0.421. The number of pyridine rings is 1. The smallest absolute Gasteiger partial charge is 0.410 e. The number of nitrogens with two attached hydrogens (primary N) is 1. The van der Waals surface area contributed by atoms with Crippen LogP contribution in [-0.2, 0) is 4.74 Å². The van der Waals surface area contributed by atoms with Crippen molar-refractivity contribution in [3.05, 3.63) is 36.3 Å². The first-order valence-electron chi connectivity index (χ1n) is 9.05. The van der Waals surface area contributed by atoms with Gasteiger partial charge in [0.1, 0.15) is 11.3 Å². The summed E-state index contributed by atoms with van der Waals surface area (Å²) in [6.45, 7) is 7.88. The molecule has 28 heavy (non-hydrogen) atoms. The Labute approximate surface area is 163 Å². The SMILES string of the molecule is CC(C)(C)OC(=O)N1CCN(c2ncc(-c3cccc(C(N)=O)n3)cn2)CC1. The van der Waals surface area contributed by atoms with Crippen LogP contribution in [0.3, 0.4) is 0 Å². The summed E-state index contributed by atoms with van der Waals surface area (Å²) < 4.78 is 5.41. The van der Waals surface area contributed by atoms with Crippen molar-refractivity contribution in [2.75, 3.05) is 31.1 Å². The zero-order valence-corrected chi connectivity index (χ0v) is 16.3. The minimum atomic E-state index is -0.581. The van der Waals surface area contributed by atoms with Gasteiger partial charge in [-0.2, -0.15) is 0 Å². The summed E-state index contributed by atoms with van der Waals surface area (Å²) in [6.07, 6.45) is 3.02. The third-order valence-electron chi connectivity index (χ3n) is 4.15. The molecule has 9 nitrogen and oxygen atoms in total. The molecule has 2 amide bonds. The van der Waals surface area contributed by atoms with E-state index in [1.807, 2.05) is 25.7 Å². The van der Waals surface area contributed by atoms with Crippen molar-refractivity contribution in [1.29, 1.82) is 0 Å². The van der Waals surface area contributed by atoms with Crippen LogP contribution >= 0.6 is 0 Å². The van der Waals surface area contributed by atoms with Gasteiger partial charge in [0, 0.05) is 44.1 Å². The molecule has 2 N–H and O–H groups in total. The van der Waals surface area contributed by atoms with Gasteiger partial charge in [0.2, 0.25) is 5.95 Å². The van der Waals surface area contributed by atoms with Gasteiger partial charge < -0.3 is 20.3 Å². The highest BCUT2D eigenvalue weighted by Gasteiger charge is 2.26. The van der Waals surface area contributed by atoms with Crippen LogP contribution < -0.4 is 10.6 Å². The van der Waals surface area contributed by atoms with E-state index in [2.05, 4.69) is 15.0 Å². The number of aromatic nitrogens is 3. The minimum absolute atomic E-state index is 0.194. The van der Waals surface area contributed by atoms with Crippen LogP contribution in [0.25, 0.3) is 11.3 Å². The molecule has 0 atom stereocenters. The fourth-order valence-corrected chi connectivity index (χ4v) is 2.77. The topological polar surface area (TPSA) is 115 Å². The molecular formula is C19H24N6O3. The van der Waals surface area contributed by atoms with E-state index in [-0.39, 0.29) is 11.8 Å². The number of amides is 2. The van der Waals surface area contributed by atoms with Gasteiger partial charge in [-0.1, -0.05) is 6.07 Å². The Balaban J connectivity index is 1.63. The summed E-state index contributed by atoms with van der Waals surface area (Å²) >= 11 is 0. The predicted octanol–water partition coefficient (Wildman–Crippen LogP) is 1.69. The van der Waals surface area contributed by atoms with E-state index in [1.165, 1.54) is 0 Å². The first-order valence-corrected chi connectivity index (χ1v) is 9.05. The van der Waals surface area contributed by atoms with Crippen LogP contribution in [0.1, 0.15) is 31.3 Å². The molecule has 9 heteroatoms. The van der Waals surface area contributed by atoms with E-state index in [1.54, 1.807) is 35.5 Å². The van der Waals surface area contributed by atoms with Crippen molar-refractivity contribution in [2.45, 2.75) is 26.4 Å². The number of carbonyl (C=O) groups excluding carboxylic acids is 2. The lowest BCUT2D eigenvalue weighted by Crippen LogP contribution is -2.50. The summed E-state index contributed by atoms with van der Waals surface area (Å²) in [5, 5.41) is 0. The Bertz CT molecular complexity index is 855. The minimum Gasteiger partial charge on any atom is -0.444 e. The highest BCUT2D eigenvalue weighted by atomic mass is 16.6. The maximum Gasteiger partial charge on any atom is 0.410 e. The Kier molecular flexibility index (Phi) is 5.43. The van der Waals surface area contributed by atoms with Crippen molar-refractivity contribution in [3.8, 4) is 11.3 Å². The predicted molar refractivity (Wildman–Crippen MR) is 104 cm³/mol. The van der Waals surface area contributed by atoms with Gasteiger partial charge in [0.15, 0.2) is 0 Å². The van der Waals surface area contributed by atoms with Crippen molar-refractivity contribution in [3.63, 3.8) is 0 Å². The molecule has 1 saturated heterocycles. The highest BCUT2D eigenvalue weighted by molar-refractivity contribution is 5.91. The van der Waals surface area contributed by atoms with Crippen molar-refractivity contribution < 1.29 is 14.3 Å². The van der Waals surface area contributed by atoms with Gasteiger partial charge in [-0.3, -0.25) is 4.79 Å². The second-order valence-electron chi connectivity index (χ2n) is 7.50. The lowest BCUT2D eigenvalue weighted by atomic mass is 10.2. The molecule has 0 bridgehead atoms. The quantitative estimate of drug-likeness (QED) is 0.856. The van der Waals surface area contributed by atoms with Crippen molar-refractivity contribution >= 4 is 17.9 Å². The summed E-state index contributed by atoms with van der Waals surface area (Å²) in [6, 6.07) is 5.04. The number of carbonyl (C=O) groups is 2. The molecule has 0 aromatic carbocycles. The lowest BCUT2D eigenvalue weighted by Gasteiger charge is -2.35. The average Bonchev–Trinajstić information content (AvgIpc) is 2.67. The molecule has 0 radical (unpaired) electrons. The second kappa shape index (κ2) is 7.79. The van der Waals surface area contributed by atoms with Crippen LogP contribution in [0.15, 0.2) is 30.6 Å². The molecule has 0 saturated carbocycles. The Hall–Kier alpha value is -3.23. The van der Waals surface area contributed by atoms with Gasteiger partial charge in [0.05, 0.1) is 5.69 Å². The molecular weight excluding hydrogens is 360 g/mol. The van der Waals surface area contributed by atoms with E-state index < -0.39 is 11.5 Å². The second-order valence-corrected chi connectivity index (χ2v) is 7.50. The maximum absolute atomic E-state index is 12.1. The van der Waals surface area contributed by atoms with Crippen molar-refractivity contribution in [2.24, 2.45) is 5.73 Å². The van der Waals surface area contributed by atoms with E-state index in [4.69, 9.17) is 10.5 Å². The van der Waals surface area contributed by atoms with Crippen LogP contribution in [0.5, 0.6) is 0 Å². The van der Waals surface area contributed by atoms with Gasteiger partial charge in [-0.05, 0) is 32.9 Å². The number of ether oxygens (including phenoxy) is 1. The third-order valence-corrected chi connectivity index (χ3v) is 4.15.